The van der Waals surface area contributed by atoms with Crippen molar-refractivity contribution in [2.45, 2.75) is 124 Å². The van der Waals surface area contributed by atoms with E-state index >= 15 is 0 Å². The molecule has 0 N–H and O–H groups in total. The number of hydrogen-bond acceptors (Lipinski definition) is 9. The molecule has 0 aromatic rings. The fourth-order valence-electron chi connectivity index (χ4n) is 9.19. The maximum atomic E-state index is 14.5. The Bertz CT molecular complexity index is 1320. The third kappa shape index (κ3) is 6.85. The maximum absolute atomic E-state index is 14.5. The molecule has 0 radical (unpaired) electrons. The minimum absolute atomic E-state index is 0.0282. The summed E-state index contributed by atoms with van der Waals surface area (Å²) in [5, 5.41) is -0.0552. The molecular weight excluding hydrogens is 635 g/mol. The van der Waals surface area contributed by atoms with Crippen molar-refractivity contribution in [3.63, 3.8) is 0 Å². The van der Waals surface area contributed by atoms with Crippen LogP contribution in [0.1, 0.15) is 94.4 Å². The monoisotopic (exact) mass is 694 g/mol. The van der Waals surface area contributed by atoms with Gasteiger partial charge in [0, 0.05) is 23.4 Å². The molecule has 0 bridgehead atoms. The number of esters is 1. The van der Waals surface area contributed by atoms with Gasteiger partial charge in [-0.1, -0.05) is 60.1 Å². The summed E-state index contributed by atoms with van der Waals surface area (Å²) >= 11 is 0. The van der Waals surface area contributed by atoms with E-state index in [1.165, 1.54) is 0 Å². The van der Waals surface area contributed by atoms with Crippen molar-refractivity contribution in [1.29, 1.82) is 0 Å². The van der Waals surface area contributed by atoms with Crippen molar-refractivity contribution in [2.24, 2.45) is 34.5 Å². The quantitative estimate of drug-likeness (QED) is 0.107. The number of Topliss-reactive ketones (excluding diaryl/α,β-unsaturated/α-hetero) is 1. The van der Waals surface area contributed by atoms with Crippen LogP contribution in [0.2, 0.25) is 18.1 Å². The lowest BCUT2D eigenvalue weighted by molar-refractivity contribution is -0.200. The van der Waals surface area contributed by atoms with Crippen molar-refractivity contribution in [2.75, 3.05) is 26.2 Å². The smallest absolute Gasteiger partial charge is 0.356 e. The van der Waals surface area contributed by atoms with Gasteiger partial charge >= 0.3 is 13.6 Å². The van der Waals surface area contributed by atoms with E-state index in [1.54, 1.807) is 26.8 Å². The SMILES string of the molecule is CCOP(=O)(COCC(=O)[C@@]1(OC(=O)CC)CC[C@H]2[C@@H]3C[C@H](C)C4=CC(=O)C=C[C@]4(C)[C@H]3[C@@H](O[Si](C)(C)C(C)(C)C)C[C@@]21C)OCC. The fourth-order valence-corrected chi connectivity index (χ4v) is 11.9. The average molecular weight is 695 g/mol. The summed E-state index contributed by atoms with van der Waals surface area (Å²) in [7, 11) is -5.87. The predicted molar refractivity (Wildman–Crippen MR) is 184 cm³/mol. The molecule has 0 heterocycles. The van der Waals surface area contributed by atoms with Crippen molar-refractivity contribution < 1.29 is 41.9 Å². The van der Waals surface area contributed by atoms with Crippen LogP contribution >= 0.6 is 7.60 Å². The van der Waals surface area contributed by atoms with Crippen molar-refractivity contribution in [1.82, 2.24) is 0 Å². The van der Waals surface area contributed by atoms with Crippen LogP contribution in [-0.4, -0.2) is 63.7 Å². The molecule has 0 saturated heterocycles. The van der Waals surface area contributed by atoms with Crippen molar-refractivity contribution in [3.8, 4) is 0 Å². The Labute approximate surface area is 283 Å². The molecule has 266 valence electrons. The molecule has 3 fully saturated rings. The number of ether oxygens (including phenoxy) is 2. The lowest BCUT2D eigenvalue weighted by atomic mass is 9.44. The Hall–Kier alpha value is -1.42. The van der Waals surface area contributed by atoms with Crippen LogP contribution in [0.15, 0.2) is 23.8 Å². The number of hydrogen-bond donors (Lipinski definition) is 0. The Morgan fingerprint density at radius 2 is 1.72 bits per heavy atom. The molecule has 4 aliphatic rings. The van der Waals surface area contributed by atoms with Crippen molar-refractivity contribution in [3.05, 3.63) is 23.8 Å². The van der Waals surface area contributed by atoms with E-state index in [2.05, 4.69) is 60.7 Å². The highest BCUT2D eigenvalue weighted by Gasteiger charge is 2.71. The van der Waals surface area contributed by atoms with Gasteiger partial charge in [-0.2, -0.15) is 0 Å². The van der Waals surface area contributed by atoms with E-state index < -0.39 is 32.9 Å². The summed E-state index contributed by atoms with van der Waals surface area (Å²) in [4.78, 5) is 40.3. The van der Waals surface area contributed by atoms with Gasteiger partial charge in [0.25, 0.3) is 0 Å². The third-order valence-electron chi connectivity index (χ3n) is 12.3. The van der Waals surface area contributed by atoms with Crippen LogP contribution in [0.5, 0.6) is 0 Å². The van der Waals surface area contributed by atoms with Gasteiger partial charge in [-0.3, -0.25) is 18.9 Å². The molecular formula is C36H59O9PSi. The van der Waals surface area contributed by atoms with Crippen LogP contribution in [0.3, 0.4) is 0 Å². The minimum atomic E-state index is -3.54. The summed E-state index contributed by atoms with van der Waals surface area (Å²) < 4.78 is 43.4. The second-order valence-corrected chi connectivity index (χ2v) is 22.9. The highest BCUT2D eigenvalue weighted by atomic mass is 31.2. The van der Waals surface area contributed by atoms with Gasteiger partial charge in [0.15, 0.2) is 19.7 Å². The number of ketones is 2. The summed E-state index contributed by atoms with van der Waals surface area (Å²) in [6.07, 6.45) is 7.69. The molecule has 8 atom stereocenters. The first-order chi connectivity index (χ1) is 21.7. The molecule has 0 aromatic heterocycles. The lowest BCUT2D eigenvalue weighted by Gasteiger charge is -2.63. The first-order valence-corrected chi connectivity index (χ1v) is 22.2. The normalized spacial score (nSPS) is 35.5. The van der Waals surface area contributed by atoms with Gasteiger partial charge in [-0.05, 0) is 93.5 Å². The zero-order valence-corrected chi connectivity index (χ0v) is 32.5. The molecule has 4 rings (SSSR count). The summed E-state index contributed by atoms with van der Waals surface area (Å²) in [6, 6.07) is 0. The maximum Gasteiger partial charge on any atom is 0.356 e. The second-order valence-electron chi connectivity index (χ2n) is 16.1. The number of fused-ring (bicyclic) bond motifs is 5. The number of carbonyl (C=O) groups is 3. The summed E-state index contributed by atoms with van der Waals surface area (Å²) in [5.41, 5.74) is -1.37. The minimum Gasteiger partial charge on any atom is -0.450 e. The van der Waals surface area contributed by atoms with Gasteiger partial charge in [0.1, 0.15) is 13.0 Å². The lowest BCUT2D eigenvalue weighted by Crippen LogP contribution is -2.65. The molecule has 0 spiro atoms. The first-order valence-electron chi connectivity index (χ1n) is 17.6. The molecule has 0 amide bonds. The largest absolute Gasteiger partial charge is 0.450 e. The molecule has 0 aliphatic heterocycles. The Morgan fingerprint density at radius 1 is 1.09 bits per heavy atom. The number of carbonyl (C=O) groups excluding carboxylic acids is 3. The molecule has 11 heteroatoms. The average Bonchev–Trinajstić information content (AvgIpc) is 3.25. The Kier molecular flexibility index (Phi) is 11.2. The van der Waals surface area contributed by atoms with E-state index in [1.807, 2.05) is 6.08 Å². The highest BCUT2D eigenvalue weighted by molar-refractivity contribution is 7.53. The standard InChI is InChI=1S/C36H59O9PSi/c1-12-31(39)44-36(30(38)22-41-23-46(40,42-13-2)43-14-3)18-16-27-26-19-24(4)28-20-25(37)15-17-34(28,8)32(26)29(21-35(27,36)9)45-47(10,11)33(5,6)7/h15,17,20,24,26-27,29,32H,12-14,16,18-19,21-23H2,1-11H3/t24-,26-,27-,29-,32+,34-,35-,36-/m0/s1. The summed E-state index contributed by atoms with van der Waals surface area (Å²) in [5.74, 6) is -0.219. The number of rotatable bonds is 13. The van der Waals surface area contributed by atoms with E-state index in [0.29, 0.717) is 19.3 Å². The van der Waals surface area contributed by atoms with Crippen LogP contribution in [0.4, 0.5) is 0 Å². The highest BCUT2D eigenvalue weighted by Crippen LogP contribution is 2.69. The molecule has 47 heavy (non-hydrogen) atoms. The van der Waals surface area contributed by atoms with Gasteiger partial charge in [-0.15, -0.1) is 0 Å². The molecule has 4 aliphatic carbocycles. The van der Waals surface area contributed by atoms with Gasteiger partial charge < -0.3 is 22.9 Å². The van der Waals surface area contributed by atoms with Crippen LogP contribution in [-0.2, 0) is 41.9 Å². The van der Waals surface area contributed by atoms with Crippen molar-refractivity contribution >= 4 is 33.4 Å². The van der Waals surface area contributed by atoms with Crippen LogP contribution in [0.25, 0.3) is 0 Å². The first kappa shape index (κ1) is 38.4. The molecule has 0 unspecified atom stereocenters. The zero-order chi connectivity index (χ0) is 35.2. The van der Waals surface area contributed by atoms with Crippen LogP contribution < -0.4 is 0 Å². The van der Waals surface area contributed by atoms with E-state index in [-0.39, 0.29) is 84.4 Å². The molecule has 9 nitrogen and oxygen atoms in total. The zero-order valence-electron chi connectivity index (χ0n) is 30.6. The van der Waals surface area contributed by atoms with Gasteiger partial charge in [0.2, 0.25) is 5.78 Å². The predicted octanol–water partition coefficient (Wildman–Crippen LogP) is 8.04. The Balaban J connectivity index is 1.79. The third-order valence-corrected chi connectivity index (χ3v) is 18.6. The van der Waals surface area contributed by atoms with Crippen LogP contribution in [0, 0.1) is 34.5 Å². The molecule has 3 saturated carbocycles. The van der Waals surface area contributed by atoms with Gasteiger partial charge in [0.05, 0.1) is 13.2 Å². The van der Waals surface area contributed by atoms with E-state index in [0.717, 1.165) is 12.0 Å². The molecule has 0 aromatic carbocycles. The second kappa shape index (κ2) is 13.7. The van der Waals surface area contributed by atoms with E-state index in [9.17, 15) is 18.9 Å². The Morgan fingerprint density at radius 3 is 2.30 bits per heavy atom. The fraction of sp³-hybridized carbons (Fsp3) is 0.806. The van der Waals surface area contributed by atoms with Gasteiger partial charge in [-0.25, -0.2) is 0 Å². The topological polar surface area (TPSA) is 114 Å². The number of allylic oxidation sites excluding steroid dienone is 4. The summed E-state index contributed by atoms with van der Waals surface area (Å²) in [6.45, 7) is 23.0. The van der Waals surface area contributed by atoms with E-state index in [4.69, 9.17) is 22.9 Å².